The van der Waals surface area contributed by atoms with Gasteiger partial charge in [0.2, 0.25) is 0 Å². The normalized spacial score (nSPS) is 12.3. The monoisotopic (exact) mass is 487 g/mol. The third-order valence-electron chi connectivity index (χ3n) is 4.04. The first kappa shape index (κ1) is 19.1. The summed E-state index contributed by atoms with van der Waals surface area (Å²) in [6.07, 6.45) is 0.340. The second-order valence-electron chi connectivity index (χ2n) is 5.64. The standard InChI is InChI=1S/C18H20Br2NO3P/c1-3-23-25(22,24-4-2)10-9-21-17-11-13(19)5-7-15(17)16-8-6-14(20)12-18(16)21/h5-8,11-12H,3-4,9-10H2,1-2H3. The lowest BCUT2D eigenvalue weighted by Crippen LogP contribution is -2.07. The Morgan fingerprint density at radius 2 is 1.40 bits per heavy atom. The molecule has 134 valence electrons. The third kappa shape index (κ3) is 4.04. The van der Waals surface area contributed by atoms with Gasteiger partial charge in [-0.15, -0.1) is 0 Å². The maximum absolute atomic E-state index is 12.8. The van der Waals surface area contributed by atoms with Crippen LogP contribution in [0.1, 0.15) is 13.8 Å². The minimum absolute atomic E-state index is 0.340. The number of nitrogens with zero attached hydrogens (tertiary/aromatic N) is 1. The number of aryl methyl sites for hydroxylation is 1. The van der Waals surface area contributed by atoms with Crippen LogP contribution in [0.2, 0.25) is 0 Å². The summed E-state index contributed by atoms with van der Waals surface area (Å²) in [5, 5.41) is 2.35. The average Bonchev–Trinajstić information content (AvgIpc) is 2.85. The number of benzene rings is 2. The molecule has 0 fully saturated rings. The number of hydrogen-bond acceptors (Lipinski definition) is 3. The second-order valence-corrected chi connectivity index (χ2v) is 9.66. The van der Waals surface area contributed by atoms with Gasteiger partial charge < -0.3 is 13.6 Å². The number of halogens is 2. The molecule has 0 bridgehead atoms. The van der Waals surface area contributed by atoms with Crippen LogP contribution < -0.4 is 0 Å². The van der Waals surface area contributed by atoms with E-state index in [9.17, 15) is 4.57 Å². The summed E-state index contributed by atoms with van der Waals surface area (Å²) in [5.41, 5.74) is 2.20. The molecule has 0 spiro atoms. The molecule has 0 radical (unpaired) electrons. The van der Waals surface area contributed by atoms with Crippen LogP contribution in [0.25, 0.3) is 21.8 Å². The summed E-state index contributed by atoms with van der Waals surface area (Å²) >= 11 is 7.10. The molecule has 0 saturated heterocycles. The van der Waals surface area contributed by atoms with E-state index in [1.165, 1.54) is 10.8 Å². The van der Waals surface area contributed by atoms with Crippen molar-refractivity contribution in [3.8, 4) is 0 Å². The predicted molar refractivity (Wildman–Crippen MR) is 111 cm³/mol. The van der Waals surface area contributed by atoms with E-state index in [1.807, 2.05) is 26.0 Å². The smallest absolute Gasteiger partial charge is 0.332 e. The van der Waals surface area contributed by atoms with Gasteiger partial charge in [0.05, 0.1) is 30.4 Å². The lowest BCUT2D eigenvalue weighted by atomic mass is 10.2. The Bertz CT molecular complexity index is 885. The van der Waals surface area contributed by atoms with Crippen LogP contribution in [-0.4, -0.2) is 23.9 Å². The lowest BCUT2D eigenvalue weighted by Gasteiger charge is -2.18. The molecule has 0 aliphatic carbocycles. The van der Waals surface area contributed by atoms with Crippen molar-refractivity contribution in [1.29, 1.82) is 0 Å². The van der Waals surface area contributed by atoms with E-state index < -0.39 is 7.60 Å². The Kier molecular flexibility index (Phi) is 6.07. The van der Waals surface area contributed by atoms with Gasteiger partial charge in [0, 0.05) is 26.3 Å². The van der Waals surface area contributed by atoms with Gasteiger partial charge in [-0.3, -0.25) is 4.57 Å². The largest absolute Gasteiger partial charge is 0.340 e. The maximum Gasteiger partial charge on any atom is 0.332 e. The molecule has 0 saturated carbocycles. The first-order valence-corrected chi connectivity index (χ1v) is 11.5. The van der Waals surface area contributed by atoms with E-state index in [1.54, 1.807) is 0 Å². The molecule has 0 N–H and O–H groups in total. The average molecular weight is 489 g/mol. The van der Waals surface area contributed by atoms with Gasteiger partial charge in [0.1, 0.15) is 0 Å². The van der Waals surface area contributed by atoms with Crippen LogP contribution in [0.15, 0.2) is 45.3 Å². The van der Waals surface area contributed by atoms with Gasteiger partial charge in [-0.2, -0.15) is 0 Å². The molecule has 0 unspecified atom stereocenters. The van der Waals surface area contributed by atoms with Crippen molar-refractivity contribution in [2.75, 3.05) is 19.4 Å². The van der Waals surface area contributed by atoms with Crippen molar-refractivity contribution in [2.45, 2.75) is 20.4 Å². The van der Waals surface area contributed by atoms with E-state index in [4.69, 9.17) is 9.05 Å². The van der Waals surface area contributed by atoms with E-state index in [0.717, 1.165) is 20.0 Å². The molecule has 7 heteroatoms. The van der Waals surface area contributed by atoms with Crippen LogP contribution in [0.3, 0.4) is 0 Å². The Hall–Kier alpha value is -0.650. The van der Waals surface area contributed by atoms with E-state index in [0.29, 0.717) is 25.9 Å². The summed E-state index contributed by atoms with van der Waals surface area (Å²) in [6.45, 7) is 4.98. The molecule has 3 rings (SSSR count). The zero-order valence-electron chi connectivity index (χ0n) is 14.2. The predicted octanol–water partition coefficient (Wildman–Crippen LogP) is 6.59. The number of aromatic nitrogens is 1. The van der Waals surface area contributed by atoms with Crippen molar-refractivity contribution < 1.29 is 13.6 Å². The highest BCUT2D eigenvalue weighted by Gasteiger charge is 2.24. The summed E-state index contributed by atoms with van der Waals surface area (Å²) in [6, 6.07) is 12.5. The summed E-state index contributed by atoms with van der Waals surface area (Å²) < 4.78 is 27.9. The molecule has 0 aliphatic heterocycles. The molecule has 0 atom stereocenters. The quantitative estimate of drug-likeness (QED) is 0.352. The number of fused-ring (bicyclic) bond motifs is 3. The number of hydrogen-bond donors (Lipinski definition) is 0. The van der Waals surface area contributed by atoms with E-state index >= 15 is 0 Å². The third-order valence-corrected chi connectivity index (χ3v) is 7.08. The first-order valence-electron chi connectivity index (χ1n) is 8.22. The Labute approximate surface area is 164 Å². The van der Waals surface area contributed by atoms with Crippen LogP contribution in [0.4, 0.5) is 0 Å². The zero-order chi connectivity index (χ0) is 18.0. The summed E-state index contributed by atoms with van der Waals surface area (Å²) in [7, 11) is -3.08. The fourth-order valence-corrected chi connectivity index (χ4v) is 5.33. The van der Waals surface area contributed by atoms with Crippen molar-refractivity contribution in [3.05, 3.63) is 45.3 Å². The SMILES string of the molecule is CCOP(=O)(CCn1c2cc(Br)ccc2c2ccc(Br)cc21)OCC. The molecular weight excluding hydrogens is 469 g/mol. The molecule has 0 aliphatic rings. The lowest BCUT2D eigenvalue weighted by molar-refractivity contribution is 0.219. The molecule has 0 amide bonds. The maximum atomic E-state index is 12.8. The molecule has 1 aromatic heterocycles. The highest BCUT2D eigenvalue weighted by Crippen LogP contribution is 2.48. The van der Waals surface area contributed by atoms with Crippen LogP contribution in [0.5, 0.6) is 0 Å². The van der Waals surface area contributed by atoms with E-state index in [-0.39, 0.29) is 0 Å². The molecule has 2 aromatic carbocycles. The topological polar surface area (TPSA) is 40.5 Å². The van der Waals surface area contributed by atoms with E-state index in [2.05, 4.69) is 60.7 Å². The Morgan fingerprint density at radius 1 is 0.920 bits per heavy atom. The van der Waals surface area contributed by atoms with Gasteiger partial charge in [0.25, 0.3) is 0 Å². The summed E-state index contributed by atoms with van der Waals surface area (Å²) in [5.74, 6) is 0. The molecule has 4 nitrogen and oxygen atoms in total. The Morgan fingerprint density at radius 3 is 1.84 bits per heavy atom. The van der Waals surface area contributed by atoms with Gasteiger partial charge in [0.15, 0.2) is 0 Å². The Balaban J connectivity index is 2.08. The fourth-order valence-electron chi connectivity index (χ4n) is 3.06. The van der Waals surface area contributed by atoms with Crippen LogP contribution in [-0.2, 0) is 20.2 Å². The van der Waals surface area contributed by atoms with Crippen molar-refractivity contribution in [3.63, 3.8) is 0 Å². The molecule has 25 heavy (non-hydrogen) atoms. The minimum atomic E-state index is -3.08. The second kappa shape index (κ2) is 7.93. The van der Waals surface area contributed by atoms with Gasteiger partial charge in [-0.1, -0.05) is 44.0 Å². The highest BCUT2D eigenvalue weighted by atomic mass is 79.9. The van der Waals surface area contributed by atoms with Gasteiger partial charge in [-0.25, -0.2) is 0 Å². The van der Waals surface area contributed by atoms with Gasteiger partial charge >= 0.3 is 7.60 Å². The van der Waals surface area contributed by atoms with Crippen LogP contribution >= 0.6 is 39.5 Å². The van der Waals surface area contributed by atoms with Crippen molar-refractivity contribution in [1.82, 2.24) is 4.57 Å². The number of rotatable bonds is 7. The van der Waals surface area contributed by atoms with Gasteiger partial charge in [-0.05, 0) is 38.1 Å². The van der Waals surface area contributed by atoms with Crippen molar-refractivity contribution >= 4 is 61.3 Å². The first-order chi connectivity index (χ1) is 12.0. The summed E-state index contributed by atoms with van der Waals surface area (Å²) in [4.78, 5) is 0. The van der Waals surface area contributed by atoms with Crippen LogP contribution in [0, 0.1) is 0 Å². The minimum Gasteiger partial charge on any atom is -0.340 e. The van der Waals surface area contributed by atoms with Crippen molar-refractivity contribution in [2.24, 2.45) is 0 Å². The highest BCUT2D eigenvalue weighted by molar-refractivity contribution is 9.10. The fraction of sp³-hybridized carbons (Fsp3) is 0.333. The molecule has 1 heterocycles. The zero-order valence-corrected chi connectivity index (χ0v) is 18.2. The molecule has 3 aromatic rings. The molecular formula is C18H20Br2NO3P.